The summed E-state index contributed by atoms with van der Waals surface area (Å²) in [6.45, 7) is 1.57. The molecule has 1 aliphatic rings. The van der Waals surface area contributed by atoms with E-state index < -0.39 is 0 Å². The van der Waals surface area contributed by atoms with Crippen molar-refractivity contribution in [1.29, 1.82) is 0 Å². The standard InChI is InChI=1S/C17H27N3O2/c18-10-11-22-15-6-4-14(5-7-15)20-16(21)12-17(13-19)8-2-1-3-9-17/h4-7H,1-3,8-13,18-19H2,(H,20,21). The topological polar surface area (TPSA) is 90.4 Å². The van der Waals surface area contributed by atoms with Gasteiger partial charge < -0.3 is 21.5 Å². The van der Waals surface area contributed by atoms with Gasteiger partial charge in [-0.1, -0.05) is 19.3 Å². The number of nitrogens with one attached hydrogen (secondary N) is 1. The average Bonchev–Trinajstić information content (AvgIpc) is 2.55. The summed E-state index contributed by atoms with van der Waals surface area (Å²) in [6, 6.07) is 7.37. The van der Waals surface area contributed by atoms with Crippen LogP contribution < -0.4 is 21.5 Å². The van der Waals surface area contributed by atoms with E-state index in [0.717, 1.165) is 24.3 Å². The maximum absolute atomic E-state index is 12.3. The van der Waals surface area contributed by atoms with Crippen LogP contribution in [0.1, 0.15) is 38.5 Å². The van der Waals surface area contributed by atoms with Crippen molar-refractivity contribution in [3.05, 3.63) is 24.3 Å². The third-order valence-corrected chi connectivity index (χ3v) is 4.41. The molecule has 1 aliphatic carbocycles. The van der Waals surface area contributed by atoms with Gasteiger partial charge in [0.2, 0.25) is 5.91 Å². The van der Waals surface area contributed by atoms with E-state index in [0.29, 0.717) is 26.1 Å². The lowest BCUT2D eigenvalue weighted by molar-refractivity contribution is -0.118. The van der Waals surface area contributed by atoms with Crippen LogP contribution in [0.5, 0.6) is 5.75 Å². The van der Waals surface area contributed by atoms with Crippen LogP contribution in [-0.4, -0.2) is 25.6 Å². The lowest BCUT2D eigenvalue weighted by Gasteiger charge is -2.35. The third kappa shape index (κ3) is 4.71. The van der Waals surface area contributed by atoms with Gasteiger partial charge in [-0.05, 0) is 49.1 Å². The number of rotatable bonds is 7. The van der Waals surface area contributed by atoms with Crippen molar-refractivity contribution in [2.24, 2.45) is 16.9 Å². The molecule has 5 N–H and O–H groups in total. The monoisotopic (exact) mass is 305 g/mol. The molecule has 0 aliphatic heterocycles. The summed E-state index contributed by atoms with van der Waals surface area (Å²) in [5.41, 5.74) is 12.1. The van der Waals surface area contributed by atoms with Crippen molar-refractivity contribution in [3.63, 3.8) is 0 Å². The summed E-state index contributed by atoms with van der Waals surface area (Å²) in [7, 11) is 0. The molecular formula is C17H27N3O2. The Hall–Kier alpha value is -1.59. The Morgan fingerprint density at radius 1 is 1.14 bits per heavy atom. The molecule has 122 valence electrons. The molecule has 1 fully saturated rings. The molecule has 0 bridgehead atoms. The Morgan fingerprint density at radius 3 is 2.41 bits per heavy atom. The van der Waals surface area contributed by atoms with Crippen LogP contribution >= 0.6 is 0 Å². The molecule has 0 aromatic heterocycles. The first-order valence-electron chi connectivity index (χ1n) is 8.10. The molecule has 1 amide bonds. The van der Waals surface area contributed by atoms with Crippen molar-refractivity contribution in [2.45, 2.75) is 38.5 Å². The van der Waals surface area contributed by atoms with Crippen molar-refractivity contribution in [3.8, 4) is 5.75 Å². The first kappa shape index (κ1) is 16.8. The largest absolute Gasteiger partial charge is 0.492 e. The van der Waals surface area contributed by atoms with Gasteiger partial charge in [-0.2, -0.15) is 0 Å². The van der Waals surface area contributed by atoms with Gasteiger partial charge in [0.1, 0.15) is 12.4 Å². The first-order chi connectivity index (χ1) is 10.7. The number of nitrogens with two attached hydrogens (primary N) is 2. The van der Waals surface area contributed by atoms with Gasteiger partial charge in [0.25, 0.3) is 0 Å². The van der Waals surface area contributed by atoms with Crippen LogP contribution in [0.2, 0.25) is 0 Å². The fraction of sp³-hybridized carbons (Fsp3) is 0.588. The number of carbonyl (C=O) groups excluding carboxylic acids is 1. The molecule has 1 aromatic carbocycles. The van der Waals surface area contributed by atoms with Crippen molar-refractivity contribution in [1.82, 2.24) is 0 Å². The molecule has 22 heavy (non-hydrogen) atoms. The summed E-state index contributed by atoms with van der Waals surface area (Å²) in [6.07, 6.45) is 6.24. The zero-order valence-electron chi connectivity index (χ0n) is 13.1. The number of carbonyl (C=O) groups is 1. The number of benzene rings is 1. The van der Waals surface area contributed by atoms with Crippen molar-refractivity contribution < 1.29 is 9.53 Å². The summed E-state index contributed by atoms with van der Waals surface area (Å²) in [5.74, 6) is 0.803. The minimum atomic E-state index is -0.00743. The number of amides is 1. The number of anilines is 1. The molecule has 1 saturated carbocycles. The number of ether oxygens (including phenoxy) is 1. The predicted molar refractivity (Wildman–Crippen MR) is 88.8 cm³/mol. The van der Waals surface area contributed by atoms with Gasteiger partial charge in [0, 0.05) is 18.7 Å². The second kappa shape index (κ2) is 8.15. The van der Waals surface area contributed by atoms with Crippen LogP contribution in [-0.2, 0) is 4.79 Å². The quantitative estimate of drug-likeness (QED) is 0.720. The van der Waals surface area contributed by atoms with Crippen molar-refractivity contribution in [2.75, 3.05) is 25.0 Å². The Labute approximate surface area is 132 Å². The lowest BCUT2D eigenvalue weighted by atomic mass is 9.71. The molecule has 0 spiro atoms. The van der Waals surface area contributed by atoms with E-state index in [1.54, 1.807) is 0 Å². The van der Waals surface area contributed by atoms with Crippen LogP contribution in [0.15, 0.2) is 24.3 Å². The van der Waals surface area contributed by atoms with Gasteiger partial charge >= 0.3 is 0 Å². The Kier molecular flexibility index (Phi) is 6.21. The van der Waals surface area contributed by atoms with Crippen LogP contribution in [0.3, 0.4) is 0 Å². The molecule has 2 rings (SSSR count). The minimum absolute atomic E-state index is 0.00743. The molecule has 0 saturated heterocycles. The highest BCUT2D eigenvalue weighted by Gasteiger charge is 2.32. The van der Waals surface area contributed by atoms with Gasteiger partial charge in [-0.3, -0.25) is 4.79 Å². The van der Waals surface area contributed by atoms with E-state index in [-0.39, 0.29) is 11.3 Å². The van der Waals surface area contributed by atoms with E-state index in [1.165, 1.54) is 19.3 Å². The molecule has 5 heteroatoms. The highest BCUT2D eigenvalue weighted by atomic mass is 16.5. The molecule has 0 unspecified atom stereocenters. The van der Waals surface area contributed by atoms with E-state index >= 15 is 0 Å². The Balaban J connectivity index is 1.88. The van der Waals surface area contributed by atoms with E-state index in [1.807, 2.05) is 24.3 Å². The second-order valence-electron chi connectivity index (χ2n) is 6.15. The SMILES string of the molecule is NCCOc1ccc(NC(=O)CC2(CN)CCCCC2)cc1. The molecule has 0 heterocycles. The summed E-state index contributed by atoms with van der Waals surface area (Å²) in [5, 5.41) is 2.96. The highest BCUT2D eigenvalue weighted by molar-refractivity contribution is 5.91. The van der Waals surface area contributed by atoms with E-state index in [2.05, 4.69) is 5.32 Å². The lowest BCUT2D eigenvalue weighted by Crippen LogP contribution is -2.36. The smallest absolute Gasteiger partial charge is 0.224 e. The third-order valence-electron chi connectivity index (χ3n) is 4.41. The Bertz CT molecular complexity index is 467. The van der Waals surface area contributed by atoms with Crippen LogP contribution in [0.25, 0.3) is 0 Å². The molecule has 1 aromatic rings. The normalized spacial score (nSPS) is 17.0. The fourth-order valence-corrected chi connectivity index (χ4v) is 3.11. The zero-order valence-corrected chi connectivity index (χ0v) is 13.1. The maximum atomic E-state index is 12.3. The molecule has 5 nitrogen and oxygen atoms in total. The second-order valence-corrected chi connectivity index (χ2v) is 6.15. The molecule has 0 radical (unpaired) electrons. The molecular weight excluding hydrogens is 278 g/mol. The number of hydrogen-bond donors (Lipinski definition) is 3. The van der Waals surface area contributed by atoms with Crippen LogP contribution in [0.4, 0.5) is 5.69 Å². The van der Waals surface area contributed by atoms with Gasteiger partial charge in [-0.15, -0.1) is 0 Å². The highest BCUT2D eigenvalue weighted by Crippen LogP contribution is 2.38. The van der Waals surface area contributed by atoms with E-state index in [9.17, 15) is 4.79 Å². The fourth-order valence-electron chi connectivity index (χ4n) is 3.11. The van der Waals surface area contributed by atoms with Gasteiger partial charge in [0.05, 0.1) is 0 Å². The van der Waals surface area contributed by atoms with Gasteiger partial charge in [-0.25, -0.2) is 0 Å². The maximum Gasteiger partial charge on any atom is 0.224 e. The van der Waals surface area contributed by atoms with Crippen molar-refractivity contribution >= 4 is 11.6 Å². The predicted octanol–water partition coefficient (Wildman–Crippen LogP) is 2.26. The van der Waals surface area contributed by atoms with E-state index in [4.69, 9.17) is 16.2 Å². The Morgan fingerprint density at radius 2 is 1.82 bits per heavy atom. The molecule has 0 atom stereocenters. The summed E-state index contributed by atoms with van der Waals surface area (Å²) >= 11 is 0. The minimum Gasteiger partial charge on any atom is -0.492 e. The zero-order chi connectivity index (χ0) is 15.8. The summed E-state index contributed by atoms with van der Waals surface area (Å²) < 4.78 is 5.42. The van der Waals surface area contributed by atoms with Gasteiger partial charge in [0.15, 0.2) is 0 Å². The van der Waals surface area contributed by atoms with Crippen LogP contribution in [0, 0.1) is 5.41 Å². The number of hydrogen-bond acceptors (Lipinski definition) is 4. The average molecular weight is 305 g/mol. The summed E-state index contributed by atoms with van der Waals surface area (Å²) in [4.78, 5) is 12.3. The first-order valence-corrected chi connectivity index (χ1v) is 8.10.